The van der Waals surface area contributed by atoms with Gasteiger partial charge in [-0.2, -0.15) is 0 Å². The maximum atomic E-state index is 13.1. The minimum absolute atomic E-state index is 0.309. The molecule has 0 aliphatic carbocycles. The van der Waals surface area contributed by atoms with Crippen molar-refractivity contribution < 1.29 is 8.42 Å². The Balaban J connectivity index is 2.42. The molecule has 0 amide bonds. The number of aryl methyl sites for hydroxylation is 1. The van der Waals surface area contributed by atoms with Gasteiger partial charge in [-0.3, -0.25) is 0 Å². The van der Waals surface area contributed by atoms with E-state index in [1.165, 1.54) is 59.5 Å². The first-order valence-corrected chi connectivity index (χ1v) is 19.7. The number of rotatable bonds is 12. The van der Waals surface area contributed by atoms with Crippen LogP contribution in [0, 0.1) is 6.92 Å². The summed E-state index contributed by atoms with van der Waals surface area (Å²) >= 11 is -2.66. The molecule has 0 atom stereocenters. The minimum atomic E-state index is -3.62. The van der Waals surface area contributed by atoms with E-state index in [1.54, 1.807) is 12.1 Å². The monoisotopic (exact) mass is 512 g/mol. The Bertz CT molecular complexity index is 807. The molecule has 1 heterocycles. The first-order chi connectivity index (χ1) is 13.4. The quantitative estimate of drug-likeness (QED) is 0.355. The Morgan fingerprint density at radius 1 is 0.893 bits per heavy atom. The molecule has 1 aromatic heterocycles. The maximum absolute atomic E-state index is 13.1. The molecule has 2 rings (SSSR count). The summed E-state index contributed by atoms with van der Waals surface area (Å²) < 4.78 is 32.5. The standard InChI is InChI=1S/C10H9N2O2S.3C4H9.Sn/c1-9-3-5-10(6-4-9)15(13,14)12-8-2-7-11-12;3*1-3-4-2;/h3-8H,1H3;3*1,3-4H2,2H3;. The summed E-state index contributed by atoms with van der Waals surface area (Å²) in [6.07, 6.45) is 11.1. The van der Waals surface area contributed by atoms with Crippen LogP contribution in [-0.2, 0) is 10.0 Å². The third-order valence-electron chi connectivity index (χ3n) is 5.76. The van der Waals surface area contributed by atoms with Gasteiger partial charge in [-0.1, -0.05) is 0 Å². The second kappa shape index (κ2) is 10.8. The zero-order valence-electron chi connectivity index (χ0n) is 17.9. The summed E-state index contributed by atoms with van der Waals surface area (Å²) in [5, 5.41) is 4.36. The molecule has 0 bridgehead atoms. The molecule has 0 radical (unpaired) electrons. The Morgan fingerprint density at radius 3 is 1.86 bits per heavy atom. The number of nitrogens with zero attached hydrogens (tertiary/aromatic N) is 2. The van der Waals surface area contributed by atoms with Crippen LogP contribution in [0.1, 0.15) is 64.9 Å². The summed E-state index contributed by atoms with van der Waals surface area (Å²) in [5.74, 6) is 0. The second-order valence-corrected chi connectivity index (χ2v) is 23.0. The van der Waals surface area contributed by atoms with Crippen LogP contribution in [0.5, 0.6) is 0 Å². The van der Waals surface area contributed by atoms with Gasteiger partial charge in [-0.15, -0.1) is 0 Å². The Hall–Kier alpha value is -0.821. The normalized spacial score (nSPS) is 12.4. The van der Waals surface area contributed by atoms with Crippen molar-refractivity contribution in [2.45, 2.75) is 84.4 Å². The summed E-state index contributed by atoms with van der Waals surface area (Å²) in [4.78, 5) is 0.309. The van der Waals surface area contributed by atoms with Gasteiger partial charge in [0.2, 0.25) is 0 Å². The molecule has 0 saturated heterocycles. The molecule has 4 nitrogen and oxygen atoms in total. The Kier molecular flexibility index (Phi) is 9.06. The van der Waals surface area contributed by atoms with Gasteiger partial charge >= 0.3 is 176 Å². The van der Waals surface area contributed by atoms with Crippen molar-refractivity contribution in [2.75, 3.05) is 0 Å². The van der Waals surface area contributed by atoms with Crippen LogP contribution in [0.3, 0.4) is 0 Å². The van der Waals surface area contributed by atoms with Crippen LogP contribution < -0.4 is 3.58 Å². The van der Waals surface area contributed by atoms with Crippen molar-refractivity contribution in [2.24, 2.45) is 0 Å². The molecule has 0 aliphatic rings. The summed E-state index contributed by atoms with van der Waals surface area (Å²) in [6, 6.07) is 7.02. The van der Waals surface area contributed by atoms with E-state index in [9.17, 15) is 8.42 Å². The van der Waals surface area contributed by atoms with Crippen molar-refractivity contribution in [1.82, 2.24) is 9.19 Å². The zero-order valence-corrected chi connectivity index (χ0v) is 21.6. The fraction of sp³-hybridized carbons (Fsp3) is 0.591. The zero-order chi connectivity index (χ0) is 20.6. The second-order valence-electron chi connectivity index (χ2n) is 8.01. The fourth-order valence-corrected chi connectivity index (χ4v) is 20.8. The number of hydrogen-bond donors (Lipinski definition) is 0. The van der Waals surface area contributed by atoms with Crippen LogP contribution in [0.4, 0.5) is 0 Å². The van der Waals surface area contributed by atoms with E-state index in [0.29, 0.717) is 4.90 Å². The van der Waals surface area contributed by atoms with E-state index in [2.05, 4.69) is 25.9 Å². The molecular weight excluding hydrogens is 475 g/mol. The van der Waals surface area contributed by atoms with Crippen LogP contribution in [0.25, 0.3) is 0 Å². The molecule has 0 unspecified atom stereocenters. The van der Waals surface area contributed by atoms with Crippen molar-refractivity contribution in [3.63, 3.8) is 0 Å². The van der Waals surface area contributed by atoms with Crippen LogP contribution in [-0.4, -0.2) is 36.0 Å². The Morgan fingerprint density at radius 2 is 1.39 bits per heavy atom. The van der Waals surface area contributed by atoms with Crippen LogP contribution >= 0.6 is 0 Å². The van der Waals surface area contributed by atoms with Crippen molar-refractivity contribution in [3.05, 3.63) is 42.2 Å². The van der Waals surface area contributed by atoms with Crippen LogP contribution in [0.15, 0.2) is 41.6 Å². The Labute approximate surface area is 175 Å². The van der Waals surface area contributed by atoms with Gasteiger partial charge in [-0.05, 0) is 0 Å². The van der Waals surface area contributed by atoms with E-state index >= 15 is 0 Å². The average Bonchev–Trinajstić information content (AvgIpc) is 3.20. The number of unbranched alkanes of at least 4 members (excludes halogenated alkanes) is 3. The van der Waals surface area contributed by atoms with E-state index in [4.69, 9.17) is 0 Å². The SMILES string of the molecule is CCC[CH2][Sn]([CH2]CCC)([CH2]CCC)[c]1cnn(S(=O)(=O)c2ccc(C)cc2)c1. The molecule has 0 N–H and O–H groups in total. The molecule has 2 aromatic rings. The summed E-state index contributed by atoms with van der Waals surface area (Å²) in [5.41, 5.74) is 1.05. The molecule has 0 saturated carbocycles. The number of hydrogen-bond acceptors (Lipinski definition) is 3. The van der Waals surface area contributed by atoms with Gasteiger partial charge in [0.25, 0.3) is 0 Å². The predicted octanol–water partition coefficient (Wildman–Crippen LogP) is 5.48. The molecule has 1 aromatic carbocycles. The summed E-state index contributed by atoms with van der Waals surface area (Å²) in [6.45, 7) is 8.71. The predicted molar refractivity (Wildman–Crippen MR) is 121 cm³/mol. The van der Waals surface area contributed by atoms with Gasteiger partial charge in [0.1, 0.15) is 0 Å². The van der Waals surface area contributed by atoms with Crippen molar-refractivity contribution in [3.8, 4) is 0 Å². The molecule has 0 aliphatic heterocycles. The third kappa shape index (κ3) is 5.62. The molecule has 156 valence electrons. The van der Waals surface area contributed by atoms with E-state index in [1.807, 2.05) is 31.5 Å². The molecule has 28 heavy (non-hydrogen) atoms. The fourth-order valence-electron chi connectivity index (χ4n) is 3.88. The number of benzene rings is 1. The van der Waals surface area contributed by atoms with E-state index in [0.717, 1.165) is 5.56 Å². The van der Waals surface area contributed by atoms with Gasteiger partial charge in [0.05, 0.1) is 0 Å². The topological polar surface area (TPSA) is 52.0 Å². The van der Waals surface area contributed by atoms with Gasteiger partial charge in [0, 0.05) is 0 Å². The average molecular weight is 511 g/mol. The van der Waals surface area contributed by atoms with Crippen LogP contribution in [0.2, 0.25) is 13.3 Å². The van der Waals surface area contributed by atoms with Gasteiger partial charge < -0.3 is 0 Å². The molecule has 6 heteroatoms. The molecule has 0 spiro atoms. The third-order valence-corrected chi connectivity index (χ3v) is 22.8. The van der Waals surface area contributed by atoms with E-state index in [-0.39, 0.29) is 0 Å². The summed E-state index contributed by atoms with van der Waals surface area (Å²) in [7, 11) is -3.62. The van der Waals surface area contributed by atoms with E-state index < -0.39 is 28.4 Å². The molecular formula is C22H36N2O2SSn. The van der Waals surface area contributed by atoms with Crippen molar-refractivity contribution >= 4 is 32.0 Å². The molecule has 0 fully saturated rings. The van der Waals surface area contributed by atoms with Gasteiger partial charge in [0.15, 0.2) is 0 Å². The van der Waals surface area contributed by atoms with Crippen molar-refractivity contribution in [1.29, 1.82) is 0 Å². The van der Waals surface area contributed by atoms with Gasteiger partial charge in [-0.25, -0.2) is 0 Å². The first-order valence-electron chi connectivity index (χ1n) is 10.8. The first kappa shape index (κ1) is 23.5. The number of aromatic nitrogens is 2.